The Morgan fingerprint density at radius 2 is 2.11 bits per heavy atom. The summed E-state index contributed by atoms with van der Waals surface area (Å²) < 4.78 is 0. The zero-order valence-electron chi connectivity index (χ0n) is 10.4. The fourth-order valence-electron chi connectivity index (χ4n) is 2.73. The molecule has 0 spiro atoms. The van der Waals surface area contributed by atoms with Crippen LogP contribution < -0.4 is 11.3 Å². The molecule has 1 aliphatic carbocycles. The molecule has 3 heteroatoms. The molecule has 1 aliphatic rings. The smallest absolute Gasteiger partial charge is 0.0500 e. The lowest BCUT2D eigenvalue weighted by atomic mass is 9.97. The second kappa shape index (κ2) is 5.22. The topological polar surface area (TPSA) is 38.0 Å². The van der Waals surface area contributed by atoms with Crippen LogP contribution in [0.1, 0.15) is 34.7 Å². The quantitative estimate of drug-likeness (QED) is 0.653. The normalized spacial score (nSPS) is 15.6. The molecular formula is C15H18N2S. The van der Waals surface area contributed by atoms with E-state index in [-0.39, 0.29) is 6.04 Å². The summed E-state index contributed by atoms with van der Waals surface area (Å²) in [6, 6.07) is 9.21. The highest BCUT2D eigenvalue weighted by Crippen LogP contribution is 2.27. The van der Waals surface area contributed by atoms with E-state index in [9.17, 15) is 0 Å². The van der Waals surface area contributed by atoms with E-state index in [0.29, 0.717) is 0 Å². The Labute approximate surface area is 112 Å². The highest BCUT2D eigenvalue weighted by Gasteiger charge is 2.15. The van der Waals surface area contributed by atoms with E-state index in [2.05, 4.69) is 40.5 Å². The summed E-state index contributed by atoms with van der Waals surface area (Å²) in [5, 5.41) is 4.31. The molecule has 1 atom stereocenters. The molecule has 0 saturated heterocycles. The Hall–Kier alpha value is -1.16. The Morgan fingerprint density at radius 3 is 2.89 bits per heavy atom. The number of thiophene rings is 1. The Kier molecular flexibility index (Phi) is 3.46. The highest BCUT2D eigenvalue weighted by molar-refractivity contribution is 7.07. The third-order valence-corrected chi connectivity index (χ3v) is 4.48. The van der Waals surface area contributed by atoms with Crippen LogP contribution in [0.15, 0.2) is 35.0 Å². The first-order valence-corrected chi connectivity index (χ1v) is 7.40. The van der Waals surface area contributed by atoms with Gasteiger partial charge in [-0.15, -0.1) is 0 Å². The van der Waals surface area contributed by atoms with E-state index < -0.39 is 0 Å². The summed E-state index contributed by atoms with van der Waals surface area (Å²) in [5.74, 6) is 5.72. The first-order chi connectivity index (χ1) is 8.86. The molecule has 18 heavy (non-hydrogen) atoms. The van der Waals surface area contributed by atoms with Gasteiger partial charge in [0.15, 0.2) is 0 Å². The number of rotatable bonds is 4. The van der Waals surface area contributed by atoms with Crippen molar-refractivity contribution in [2.75, 3.05) is 0 Å². The van der Waals surface area contributed by atoms with Crippen LogP contribution in [0.3, 0.4) is 0 Å². The predicted octanol–water partition coefficient (Wildman–Crippen LogP) is 2.98. The first kappa shape index (κ1) is 11.9. The van der Waals surface area contributed by atoms with Gasteiger partial charge in [-0.05, 0) is 64.8 Å². The maximum Gasteiger partial charge on any atom is 0.0500 e. The highest BCUT2D eigenvalue weighted by atomic mass is 32.1. The number of aryl methyl sites for hydroxylation is 2. The number of benzene rings is 1. The van der Waals surface area contributed by atoms with Gasteiger partial charge in [-0.1, -0.05) is 18.2 Å². The van der Waals surface area contributed by atoms with E-state index in [4.69, 9.17) is 5.84 Å². The lowest BCUT2D eigenvalue weighted by molar-refractivity contribution is 0.552. The predicted molar refractivity (Wildman–Crippen MR) is 76.6 cm³/mol. The van der Waals surface area contributed by atoms with Crippen molar-refractivity contribution >= 4 is 11.3 Å². The summed E-state index contributed by atoms with van der Waals surface area (Å²) in [6.07, 6.45) is 4.71. The Morgan fingerprint density at radius 1 is 1.22 bits per heavy atom. The molecule has 0 saturated carbocycles. The van der Waals surface area contributed by atoms with Crippen LogP contribution >= 0.6 is 11.3 Å². The lowest BCUT2D eigenvalue weighted by Gasteiger charge is -2.17. The van der Waals surface area contributed by atoms with Crippen LogP contribution in [0.4, 0.5) is 0 Å². The molecule has 2 aromatic rings. The maximum atomic E-state index is 5.72. The fraction of sp³-hybridized carbons (Fsp3) is 0.333. The van der Waals surface area contributed by atoms with Crippen molar-refractivity contribution in [3.8, 4) is 0 Å². The van der Waals surface area contributed by atoms with Crippen molar-refractivity contribution in [1.29, 1.82) is 0 Å². The van der Waals surface area contributed by atoms with Gasteiger partial charge in [0.1, 0.15) is 0 Å². The minimum absolute atomic E-state index is 0.213. The molecule has 1 heterocycles. The van der Waals surface area contributed by atoms with Crippen molar-refractivity contribution in [3.05, 3.63) is 57.3 Å². The van der Waals surface area contributed by atoms with Crippen molar-refractivity contribution in [3.63, 3.8) is 0 Å². The zero-order valence-corrected chi connectivity index (χ0v) is 11.2. The number of nitrogens with two attached hydrogens (primary N) is 1. The van der Waals surface area contributed by atoms with Crippen LogP contribution in [-0.2, 0) is 19.3 Å². The molecule has 0 amide bonds. The lowest BCUT2D eigenvalue weighted by Crippen LogP contribution is -2.29. The van der Waals surface area contributed by atoms with E-state index in [1.54, 1.807) is 11.3 Å². The summed E-state index contributed by atoms with van der Waals surface area (Å²) in [5.41, 5.74) is 8.64. The first-order valence-electron chi connectivity index (χ1n) is 6.46. The number of hydrogen-bond donors (Lipinski definition) is 2. The summed E-state index contributed by atoms with van der Waals surface area (Å²) >= 11 is 1.74. The van der Waals surface area contributed by atoms with Crippen LogP contribution in [0.25, 0.3) is 0 Å². The maximum absolute atomic E-state index is 5.72. The van der Waals surface area contributed by atoms with Crippen molar-refractivity contribution in [2.45, 2.75) is 31.7 Å². The standard InChI is InChI=1S/C15H18N2S/c16-17-15(8-11-6-7-18-10-11)14-5-4-12-2-1-3-13(12)9-14/h4-7,9-10,15,17H,1-3,8,16H2. The van der Waals surface area contributed by atoms with E-state index in [1.165, 1.54) is 41.5 Å². The van der Waals surface area contributed by atoms with Crippen molar-refractivity contribution in [2.24, 2.45) is 5.84 Å². The van der Waals surface area contributed by atoms with Gasteiger partial charge in [-0.3, -0.25) is 11.3 Å². The van der Waals surface area contributed by atoms with E-state index in [1.807, 2.05) is 0 Å². The van der Waals surface area contributed by atoms with Gasteiger partial charge in [-0.25, -0.2) is 0 Å². The average molecular weight is 258 g/mol. The van der Waals surface area contributed by atoms with Gasteiger partial charge in [0.05, 0.1) is 6.04 Å². The third kappa shape index (κ3) is 2.34. The minimum atomic E-state index is 0.213. The Balaban J connectivity index is 1.83. The van der Waals surface area contributed by atoms with Gasteiger partial charge in [0.25, 0.3) is 0 Å². The fourth-order valence-corrected chi connectivity index (χ4v) is 3.41. The molecule has 3 rings (SSSR count). The molecular weight excluding hydrogens is 240 g/mol. The van der Waals surface area contributed by atoms with Gasteiger partial charge in [0.2, 0.25) is 0 Å². The zero-order chi connectivity index (χ0) is 12.4. The molecule has 0 fully saturated rings. The third-order valence-electron chi connectivity index (χ3n) is 3.75. The van der Waals surface area contributed by atoms with Crippen LogP contribution in [0.5, 0.6) is 0 Å². The average Bonchev–Trinajstić information content (AvgIpc) is 3.06. The molecule has 94 valence electrons. The van der Waals surface area contributed by atoms with Crippen LogP contribution in [0, 0.1) is 0 Å². The number of fused-ring (bicyclic) bond motifs is 1. The molecule has 0 bridgehead atoms. The Bertz CT molecular complexity index is 519. The number of nitrogens with one attached hydrogen (secondary N) is 1. The number of hydrogen-bond acceptors (Lipinski definition) is 3. The largest absolute Gasteiger partial charge is 0.271 e. The van der Waals surface area contributed by atoms with E-state index >= 15 is 0 Å². The molecule has 0 radical (unpaired) electrons. The molecule has 0 aliphatic heterocycles. The van der Waals surface area contributed by atoms with Gasteiger partial charge in [-0.2, -0.15) is 11.3 Å². The summed E-state index contributed by atoms with van der Waals surface area (Å²) in [6.45, 7) is 0. The van der Waals surface area contributed by atoms with Crippen molar-refractivity contribution in [1.82, 2.24) is 5.43 Å². The van der Waals surface area contributed by atoms with Gasteiger partial charge >= 0.3 is 0 Å². The number of hydrazine groups is 1. The minimum Gasteiger partial charge on any atom is -0.271 e. The van der Waals surface area contributed by atoms with Crippen LogP contribution in [0.2, 0.25) is 0 Å². The van der Waals surface area contributed by atoms with E-state index in [0.717, 1.165) is 6.42 Å². The molecule has 2 nitrogen and oxygen atoms in total. The molecule has 1 aromatic carbocycles. The molecule has 1 aromatic heterocycles. The van der Waals surface area contributed by atoms with Gasteiger partial charge in [0, 0.05) is 0 Å². The van der Waals surface area contributed by atoms with Gasteiger partial charge < -0.3 is 0 Å². The summed E-state index contributed by atoms with van der Waals surface area (Å²) in [4.78, 5) is 0. The monoisotopic (exact) mass is 258 g/mol. The van der Waals surface area contributed by atoms with Crippen molar-refractivity contribution < 1.29 is 0 Å². The second-order valence-electron chi connectivity index (χ2n) is 4.94. The summed E-state index contributed by atoms with van der Waals surface area (Å²) in [7, 11) is 0. The molecule has 3 N–H and O–H groups in total. The molecule has 1 unspecified atom stereocenters. The van der Waals surface area contributed by atoms with Crippen LogP contribution in [-0.4, -0.2) is 0 Å². The SMILES string of the molecule is NNC(Cc1ccsc1)c1ccc2c(c1)CCC2. The second-order valence-corrected chi connectivity index (χ2v) is 5.72.